The molecule has 5 rings (SSSR count). The number of halogens is 1. The summed E-state index contributed by atoms with van der Waals surface area (Å²) in [5, 5.41) is 8.99. The molecule has 0 saturated carbocycles. The second-order valence-corrected chi connectivity index (χ2v) is 15.1. The molecular formula is C34H32FN5O8S2. The molecule has 5 aromatic rings. The first-order valence-electron chi connectivity index (χ1n) is 14.9. The van der Waals surface area contributed by atoms with Crippen LogP contribution in [0.4, 0.5) is 10.1 Å². The number of fused-ring (bicyclic) bond motifs is 1. The molecule has 0 aliphatic rings. The van der Waals surface area contributed by atoms with Gasteiger partial charge in [-0.25, -0.2) is 36.0 Å². The summed E-state index contributed by atoms with van der Waals surface area (Å²) < 4.78 is 84.6. The minimum Gasteiger partial charge on any atom is -0.473 e. The summed E-state index contributed by atoms with van der Waals surface area (Å²) in [5.41, 5.74) is 2.69. The number of benzene rings is 3. The Bertz CT molecular complexity index is 2320. The number of nitriles is 1. The number of ether oxygens (including phenoxy) is 3. The number of sulfonamides is 2. The number of hydrogen-bond acceptors (Lipinski definition) is 11. The lowest BCUT2D eigenvalue weighted by Gasteiger charge is -2.23. The Morgan fingerprint density at radius 1 is 0.940 bits per heavy atom. The Hall–Kier alpha value is -5.37. The monoisotopic (exact) mass is 721 g/mol. The Balaban J connectivity index is 1.58. The third-order valence-corrected chi connectivity index (χ3v) is 10.8. The van der Waals surface area contributed by atoms with Crippen molar-refractivity contribution in [2.75, 3.05) is 37.0 Å². The fourth-order valence-electron chi connectivity index (χ4n) is 5.34. The normalized spacial score (nSPS) is 11.7. The number of aromatic nitrogens is 3. The van der Waals surface area contributed by atoms with Crippen LogP contribution in [0, 0.1) is 17.1 Å². The highest BCUT2D eigenvalue weighted by atomic mass is 32.3. The lowest BCUT2D eigenvalue weighted by Crippen LogP contribution is -2.36. The molecule has 50 heavy (non-hydrogen) atoms. The van der Waals surface area contributed by atoms with Crippen molar-refractivity contribution in [1.82, 2.24) is 14.5 Å². The van der Waals surface area contributed by atoms with E-state index in [2.05, 4.69) is 4.98 Å². The summed E-state index contributed by atoms with van der Waals surface area (Å²) >= 11 is 0. The number of nitrogens with zero attached hydrogens (tertiary/aromatic N) is 5. The number of pyridine rings is 1. The number of hydrogen-bond donors (Lipinski definition) is 0. The molecule has 0 saturated heterocycles. The average Bonchev–Trinajstić information content (AvgIpc) is 3.41. The van der Waals surface area contributed by atoms with Gasteiger partial charge in [-0.2, -0.15) is 8.97 Å². The zero-order valence-corrected chi connectivity index (χ0v) is 29.1. The van der Waals surface area contributed by atoms with Gasteiger partial charge in [-0.15, -0.1) is 0 Å². The first-order chi connectivity index (χ1) is 23.7. The summed E-state index contributed by atoms with van der Waals surface area (Å²) in [7, 11) is -5.93. The van der Waals surface area contributed by atoms with E-state index in [1.54, 1.807) is 48.5 Å². The Kier molecular flexibility index (Phi) is 10.5. The van der Waals surface area contributed by atoms with Crippen LogP contribution in [-0.2, 0) is 49.1 Å². The van der Waals surface area contributed by atoms with Gasteiger partial charge in [0.15, 0.2) is 0 Å². The van der Waals surface area contributed by atoms with E-state index >= 15 is 0 Å². The number of esters is 1. The van der Waals surface area contributed by atoms with Crippen molar-refractivity contribution >= 4 is 42.7 Å². The topological polar surface area (TPSA) is 171 Å². The molecule has 2 aromatic heterocycles. The van der Waals surface area contributed by atoms with Crippen molar-refractivity contribution in [3.05, 3.63) is 107 Å². The molecular weight excluding hydrogens is 690 g/mol. The zero-order chi connectivity index (χ0) is 36.2. The predicted molar refractivity (Wildman–Crippen MR) is 183 cm³/mol. The second kappa shape index (κ2) is 14.6. The minimum atomic E-state index is -4.37. The molecule has 0 unspecified atom stereocenters. The SMILES string of the molecule is COCCn1c(Cc2ccc(-c3cccc(OCc4ccc(C#N)cc4F)n3)cc2N(S(C)(=O)=O)S(C)(=O)=O)nc2ccc(C(=O)OC)cc21. The van der Waals surface area contributed by atoms with Gasteiger partial charge < -0.3 is 18.8 Å². The van der Waals surface area contributed by atoms with Gasteiger partial charge >= 0.3 is 5.97 Å². The standard InChI is InChI=1S/C34H32FN5O8S2/c1-46-15-14-39-31-18-25(34(41)47-2)12-13-29(31)37-32(39)19-24-11-10-23(17-30(24)40(49(3,42)43)50(4,44)45)28-6-5-7-33(38-28)48-21-26-9-8-22(20-36)16-27(26)35/h5-13,16-18H,14-15,19,21H2,1-4H3. The van der Waals surface area contributed by atoms with E-state index in [1.807, 2.05) is 10.6 Å². The molecule has 0 amide bonds. The maximum Gasteiger partial charge on any atom is 0.337 e. The Labute approximate surface area is 288 Å². The van der Waals surface area contributed by atoms with Crippen molar-refractivity contribution in [2.45, 2.75) is 19.6 Å². The molecule has 0 radical (unpaired) electrons. The van der Waals surface area contributed by atoms with Crippen LogP contribution in [0.15, 0.2) is 72.8 Å². The number of carbonyl (C=O) groups is 1. The number of imidazole rings is 1. The van der Waals surface area contributed by atoms with E-state index < -0.39 is 31.8 Å². The predicted octanol–water partition coefficient (Wildman–Crippen LogP) is 4.44. The van der Waals surface area contributed by atoms with Gasteiger partial charge in [-0.1, -0.05) is 24.3 Å². The summed E-state index contributed by atoms with van der Waals surface area (Å²) in [6, 6.07) is 20.2. The van der Waals surface area contributed by atoms with Gasteiger partial charge in [0.25, 0.3) is 0 Å². The summed E-state index contributed by atoms with van der Waals surface area (Å²) in [6.07, 6.45) is 1.58. The van der Waals surface area contributed by atoms with Crippen LogP contribution in [0.5, 0.6) is 5.88 Å². The molecule has 0 atom stereocenters. The third-order valence-electron chi connectivity index (χ3n) is 7.58. The highest BCUT2D eigenvalue weighted by Gasteiger charge is 2.30. The van der Waals surface area contributed by atoms with Crippen molar-refractivity contribution in [2.24, 2.45) is 0 Å². The number of methoxy groups -OCH3 is 2. The van der Waals surface area contributed by atoms with Crippen LogP contribution in [-0.4, -0.2) is 70.7 Å². The van der Waals surface area contributed by atoms with Crippen LogP contribution in [0.1, 0.15) is 32.9 Å². The smallest absolute Gasteiger partial charge is 0.337 e. The molecule has 0 fully saturated rings. The van der Waals surface area contributed by atoms with E-state index in [4.69, 9.17) is 24.5 Å². The summed E-state index contributed by atoms with van der Waals surface area (Å²) in [5.74, 6) is -0.564. The van der Waals surface area contributed by atoms with Gasteiger partial charge in [-0.3, -0.25) is 0 Å². The maximum absolute atomic E-state index is 14.4. The van der Waals surface area contributed by atoms with Crippen LogP contribution < -0.4 is 8.45 Å². The Morgan fingerprint density at radius 2 is 1.68 bits per heavy atom. The quantitative estimate of drug-likeness (QED) is 0.158. The van der Waals surface area contributed by atoms with Gasteiger partial charge in [0, 0.05) is 37.3 Å². The molecule has 0 spiro atoms. The van der Waals surface area contributed by atoms with E-state index in [9.17, 15) is 26.0 Å². The Morgan fingerprint density at radius 3 is 2.34 bits per heavy atom. The fraction of sp³-hybridized carbons (Fsp3) is 0.235. The van der Waals surface area contributed by atoms with Gasteiger partial charge in [0.05, 0.1) is 65.8 Å². The number of rotatable bonds is 13. The maximum atomic E-state index is 14.4. The van der Waals surface area contributed by atoms with Crippen LogP contribution in [0.2, 0.25) is 0 Å². The largest absolute Gasteiger partial charge is 0.473 e. The van der Waals surface area contributed by atoms with Crippen molar-refractivity contribution in [1.29, 1.82) is 5.26 Å². The van der Waals surface area contributed by atoms with Crippen LogP contribution in [0.25, 0.3) is 22.3 Å². The molecule has 0 bridgehead atoms. The van der Waals surface area contributed by atoms with Gasteiger partial charge in [0.1, 0.15) is 18.2 Å². The van der Waals surface area contributed by atoms with Crippen molar-refractivity contribution < 1.29 is 40.2 Å². The molecule has 260 valence electrons. The summed E-state index contributed by atoms with van der Waals surface area (Å²) in [6.45, 7) is 0.429. The minimum absolute atomic E-state index is 0.00413. The van der Waals surface area contributed by atoms with Crippen LogP contribution in [0.3, 0.4) is 0 Å². The third kappa shape index (κ3) is 7.91. The lowest BCUT2D eigenvalue weighted by atomic mass is 10.0. The zero-order valence-electron chi connectivity index (χ0n) is 27.5. The first-order valence-corrected chi connectivity index (χ1v) is 18.6. The van der Waals surface area contributed by atoms with E-state index in [0.717, 1.165) is 18.6 Å². The highest BCUT2D eigenvalue weighted by molar-refractivity contribution is 8.09. The molecule has 0 N–H and O–H groups in total. The van der Waals surface area contributed by atoms with Crippen LogP contribution >= 0.6 is 0 Å². The van der Waals surface area contributed by atoms with Crippen molar-refractivity contribution in [3.8, 4) is 23.2 Å². The molecule has 16 heteroatoms. The van der Waals surface area contributed by atoms with Gasteiger partial charge in [0.2, 0.25) is 25.9 Å². The number of anilines is 1. The fourth-order valence-corrected chi connectivity index (χ4v) is 8.36. The molecule has 2 heterocycles. The van der Waals surface area contributed by atoms with E-state index in [-0.39, 0.29) is 42.3 Å². The molecule has 0 aliphatic heterocycles. The molecule has 0 aliphatic carbocycles. The first kappa shape index (κ1) is 35.9. The van der Waals surface area contributed by atoms with Gasteiger partial charge in [-0.05, 0) is 48.0 Å². The highest BCUT2D eigenvalue weighted by Crippen LogP contribution is 2.33. The average molecular weight is 722 g/mol. The van der Waals surface area contributed by atoms with Crippen molar-refractivity contribution in [3.63, 3.8) is 0 Å². The second-order valence-electron chi connectivity index (χ2n) is 11.2. The summed E-state index contributed by atoms with van der Waals surface area (Å²) in [4.78, 5) is 21.5. The van der Waals surface area contributed by atoms with E-state index in [0.29, 0.717) is 49.5 Å². The molecule has 3 aromatic carbocycles. The number of carbonyl (C=O) groups excluding carboxylic acids is 1. The van der Waals surface area contributed by atoms with E-state index in [1.165, 1.54) is 32.4 Å². The lowest BCUT2D eigenvalue weighted by molar-refractivity contribution is 0.0601. The molecule has 13 nitrogen and oxygen atoms in total.